The first kappa shape index (κ1) is 22.0. The number of amides is 2. The first-order valence-electron chi connectivity index (χ1n) is 10.2. The van der Waals surface area contributed by atoms with Crippen molar-refractivity contribution in [2.75, 3.05) is 11.9 Å². The van der Waals surface area contributed by atoms with Gasteiger partial charge in [-0.15, -0.1) is 0 Å². The van der Waals surface area contributed by atoms with Crippen LogP contribution >= 0.6 is 0 Å². The molecule has 2 aromatic carbocycles. The third-order valence-electron chi connectivity index (χ3n) is 5.14. The van der Waals surface area contributed by atoms with Gasteiger partial charge in [0.25, 0.3) is 5.91 Å². The third kappa shape index (κ3) is 4.88. The number of aromatic nitrogens is 2. The Bertz CT molecular complexity index is 1090. The topological polar surface area (TPSA) is 101 Å². The van der Waals surface area contributed by atoms with Crippen molar-refractivity contribution in [3.8, 4) is 11.3 Å². The normalized spacial score (nSPS) is 10.7. The molecule has 7 nitrogen and oxygen atoms in total. The summed E-state index contributed by atoms with van der Waals surface area (Å²) in [6.07, 6.45) is 1.65. The third-order valence-corrected chi connectivity index (χ3v) is 5.14. The number of carbonyl (C=O) groups is 2. The van der Waals surface area contributed by atoms with Crippen molar-refractivity contribution < 1.29 is 9.59 Å². The standard InChI is InChI=1S/C24H27N5O2/c1-5-29(15(2)3)23(31)17-9-11-18(12-10-17)27-24-26-14-13-21(28-24)19-7-6-8-20(16(19)4)22(25)30/h6-15H,5H2,1-4H3,(H2,25,30)(H,26,27,28). The van der Waals surface area contributed by atoms with E-state index < -0.39 is 5.91 Å². The molecule has 0 aliphatic heterocycles. The summed E-state index contributed by atoms with van der Waals surface area (Å²) < 4.78 is 0. The van der Waals surface area contributed by atoms with E-state index >= 15 is 0 Å². The summed E-state index contributed by atoms with van der Waals surface area (Å²) in [5.41, 5.74) is 9.60. The number of anilines is 2. The van der Waals surface area contributed by atoms with Crippen LogP contribution in [-0.4, -0.2) is 39.3 Å². The summed E-state index contributed by atoms with van der Waals surface area (Å²) in [6, 6.07) is 14.5. The number of nitrogens with two attached hydrogens (primary N) is 1. The van der Waals surface area contributed by atoms with E-state index in [2.05, 4.69) is 15.3 Å². The number of hydrogen-bond donors (Lipinski definition) is 2. The van der Waals surface area contributed by atoms with E-state index in [9.17, 15) is 9.59 Å². The maximum atomic E-state index is 12.6. The summed E-state index contributed by atoms with van der Waals surface area (Å²) in [5.74, 6) is -0.0505. The molecule has 31 heavy (non-hydrogen) atoms. The molecule has 7 heteroatoms. The molecule has 1 aromatic heterocycles. The monoisotopic (exact) mass is 417 g/mol. The Morgan fingerprint density at radius 3 is 2.42 bits per heavy atom. The van der Waals surface area contributed by atoms with Gasteiger partial charge >= 0.3 is 0 Å². The first-order valence-corrected chi connectivity index (χ1v) is 10.2. The van der Waals surface area contributed by atoms with Crippen molar-refractivity contribution in [3.05, 3.63) is 71.4 Å². The fourth-order valence-corrected chi connectivity index (χ4v) is 3.48. The Hall–Kier alpha value is -3.74. The minimum Gasteiger partial charge on any atom is -0.366 e. The van der Waals surface area contributed by atoms with Gasteiger partial charge in [-0.05, 0) is 69.7 Å². The molecule has 0 radical (unpaired) electrons. The summed E-state index contributed by atoms with van der Waals surface area (Å²) in [4.78, 5) is 35.0. The molecule has 0 saturated carbocycles. The highest BCUT2D eigenvalue weighted by Crippen LogP contribution is 2.25. The maximum absolute atomic E-state index is 12.6. The molecule has 0 fully saturated rings. The van der Waals surface area contributed by atoms with Gasteiger partial charge in [-0.3, -0.25) is 9.59 Å². The lowest BCUT2D eigenvalue weighted by molar-refractivity contribution is 0.0716. The van der Waals surface area contributed by atoms with Gasteiger partial charge in [-0.1, -0.05) is 12.1 Å². The number of hydrogen-bond acceptors (Lipinski definition) is 5. The number of rotatable bonds is 7. The van der Waals surface area contributed by atoms with Crippen LogP contribution in [0.1, 0.15) is 47.1 Å². The Labute approximate surface area is 182 Å². The lowest BCUT2D eigenvalue weighted by Gasteiger charge is -2.25. The Kier molecular flexibility index (Phi) is 6.65. The molecule has 0 aliphatic rings. The van der Waals surface area contributed by atoms with Crippen LogP contribution < -0.4 is 11.1 Å². The number of carbonyl (C=O) groups excluding carboxylic acids is 2. The second-order valence-corrected chi connectivity index (χ2v) is 7.50. The predicted octanol–water partition coefficient (Wildman–Crippen LogP) is 4.17. The molecule has 0 saturated heterocycles. The van der Waals surface area contributed by atoms with Crippen LogP contribution in [-0.2, 0) is 0 Å². The molecule has 1 heterocycles. The SMILES string of the molecule is CCN(C(=O)c1ccc(Nc2nccc(-c3cccc(C(N)=O)c3C)n2)cc1)C(C)C. The lowest BCUT2D eigenvalue weighted by atomic mass is 9.99. The Balaban J connectivity index is 1.82. The van der Waals surface area contributed by atoms with E-state index in [0.717, 1.165) is 16.8 Å². The fraction of sp³-hybridized carbons (Fsp3) is 0.250. The molecule has 0 aliphatic carbocycles. The number of benzene rings is 2. The summed E-state index contributed by atoms with van der Waals surface area (Å²) in [7, 11) is 0. The first-order chi connectivity index (χ1) is 14.8. The zero-order valence-corrected chi connectivity index (χ0v) is 18.2. The van der Waals surface area contributed by atoms with E-state index in [1.165, 1.54) is 0 Å². The van der Waals surface area contributed by atoms with Crippen molar-refractivity contribution in [1.29, 1.82) is 0 Å². The zero-order chi connectivity index (χ0) is 22.5. The maximum Gasteiger partial charge on any atom is 0.254 e. The molecule has 0 bridgehead atoms. The average molecular weight is 418 g/mol. The highest BCUT2D eigenvalue weighted by atomic mass is 16.2. The largest absolute Gasteiger partial charge is 0.366 e. The average Bonchev–Trinajstić information content (AvgIpc) is 2.74. The smallest absolute Gasteiger partial charge is 0.254 e. The molecule has 3 rings (SSSR count). The van der Waals surface area contributed by atoms with Gasteiger partial charge in [-0.25, -0.2) is 9.97 Å². The van der Waals surface area contributed by atoms with Gasteiger partial charge in [0.05, 0.1) is 5.69 Å². The zero-order valence-electron chi connectivity index (χ0n) is 18.2. The van der Waals surface area contributed by atoms with Crippen LogP contribution in [0.15, 0.2) is 54.7 Å². The molecule has 0 atom stereocenters. The van der Waals surface area contributed by atoms with Gasteiger partial charge in [0.1, 0.15) is 0 Å². The summed E-state index contributed by atoms with van der Waals surface area (Å²) in [6.45, 7) is 8.48. The van der Waals surface area contributed by atoms with Gasteiger partial charge < -0.3 is 16.0 Å². The van der Waals surface area contributed by atoms with E-state index in [-0.39, 0.29) is 11.9 Å². The highest BCUT2D eigenvalue weighted by Gasteiger charge is 2.17. The van der Waals surface area contributed by atoms with Crippen molar-refractivity contribution in [3.63, 3.8) is 0 Å². The van der Waals surface area contributed by atoms with Crippen molar-refractivity contribution in [2.45, 2.75) is 33.7 Å². The van der Waals surface area contributed by atoms with Crippen LogP contribution in [0.4, 0.5) is 11.6 Å². The summed E-state index contributed by atoms with van der Waals surface area (Å²) >= 11 is 0. The molecule has 0 unspecified atom stereocenters. The van der Waals surface area contributed by atoms with Crippen LogP contribution in [0.3, 0.4) is 0 Å². The minimum absolute atomic E-state index is 0.00658. The second kappa shape index (κ2) is 9.38. The summed E-state index contributed by atoms with van der Waals surface area (Å²) in [5, 5.41) is 3.16. The molecule has 160 valence electrons. The molecule has 2 amide bonds. The van der Waals surface area contributed by atoms with Gasteiger partial charge in [-0.2, -0.15) is 0 Å². The number of primary amides is 1. The molecular formula is C24H27N5O2. The predicted molar refractivity (Wildman–Crippen MR) is 122 cm³/mol. The molecule has 3 N–H and O–H groups in total. The minimum atomic E-state index is -0.472. The van der Waals surface area contributed by atoms with Gasteiger partial charge in [0.15, 0.2) is 0 Å². The Morgan fingerprint density at radius 1 is 1.10 bits per heavy atom. The number of nitrogens with zero attached hydrogens (tertiary/aromatic N) is 3. The van der Waals surface area contributed by atoms with Crippen molar-refractivity contribution in [2.24, 2.45) is 5.73 Å². The molecule has 0 spiro atoms. The fourth-order valence-electron chi connectivity index (χ4n) is 3.48. The van der Waals surface area contributed by atoms with Gasteiger partial charge in [0, 0.05) is 41.2 Å². The van der Waals surface area contributed by atoms with Crippen molar-refractivity contribution in [1.82, 2.24) is 14.9 Å². The molecular weight excluding hydrogens is 390 g/mol. The van der Waals surface area contributed by atoms with Crippen LogP contribution in [0.2, 0.25) is 0 Å². The highest BCUT2D eigenvalue weighted by molar-refractivity contribution is 5.96. The van der Waals surface area contributed by atoms with Crippen molar-refractivity contribution >= 4 is 23.5 Å². The van der Waals surface area contributed by atoms with E-state index in [4.69, 9.17) is 5.73 Å². The molecule has 3 aromatic rings. The van der Waals surface area contributed by atoms with Gasteiger partial charge in [0.2, 0.25) is 11.9 Å². The van der Waals surface area contributed by atoms with Crippen LogP contribution in [0.25, 0.3) is 11.3 Å². The second-order valence-electron chi connectivity index (χ2n) is 7.50. The van der Waals surface area contributed by atoms with E-state index in [1.54, 1.807) is 36.5 Å². The van der Waals surface area contributed by atoms with Crippen LogP contribution in [0, 0.1) is 6.92 Å². The number of nitrogens with one attached hydrogen (secondary N) is 1. The van der Waals surface area contributed by atoms with E-state index in [1.807, 2.05) is 50.8 Å². The lowest BCUT2D eigenvalue weighted by Crippen LogP contribution is -2.36. The Morgan fingerprint density at radius 2 is 1.81 bits per heavy atom. The van der Waals surface area contributed by atoms with Crippen LogP contribution in [0.5, 0.6) is 0 Å². The van der Waals surface area contributed by atoms with E-state index in [0.29, 0.717) is 29.3 Å². The quantitative estimate of drug-likeness (QED) is 0.601.